The molecule has 7 heteroatoms. The van der Waals surface area contributed by atoms with Gasteiger partial charge in [0.15, 0.2) is 5.82 Å². The number of nitrogens with zero attached hydrogens (tertiary/aromatic N) is 6. The van der Waals surface area contributed by atoms with Gasteiger partial charge in [0.2, 0.25) is 0 Å². The van der Waals surface area contributed by atoms with Gasteiger partial charge in [0.1, 0.15) is 10.7 Å². The minimum atomic E-state index is 0.699. The van der Waals surface area contributed by atoms with Crippen molar-refractivity contribution >= 4 is 27.6 Å². The second-order valence-corrected chi connectivity index (χ2v) is 10.9. The Kier molecular flexibility index (Phi) is 7.44. The molecule has 43 heavy (non-hydrogen) atoms. The fourth-order valence-corrected chi connectivity index (χ4v) is 5.55. The Balaban J connectivity index is 0.912. The molecule has 2 aromatic heterocycles. The molecule has 4 aliphatic rings. The van der Waals surface area contributed by atoms with Gasteiger partial charge < -0.3 is 9.80 Å². The largest absolute Gasteiger partial charge is 0.357 e. The molecule has 212 valence electrons. The highest BCUT2D eigenvalue weighted by Gasteiger charge is 2.17. The topological polar surface area (TPSA) is 68.3 Å². The van der Waals surface area contributed by atoms with Crippen molar-refractivity contribution in [1.82, 2.24) is 19.8 Å². The predicted octanol–water partition coefficient (Wildman–Crippen LogP) is 5.65. The van der Waals surface area contributed by atoms with E-state index in [1.165, 1.54) is 17.6 Å². The Hall–Kier alpha value is -5.17. The first-order chi connectivity index (χ1) is 21.2. The number of allylic oxidation sites excluding steroid dienone is 11. The SMILES string of the molecule is CN1C=CC(=C2C=CN(CCCCCC[O+]=C3C=CC(=C4N=c5c(c6cccnc6c6ncccc56)=N4)C=C3)C=C2)C=C1. The number of carbonyl (C=O) groups excluding carboxylic acids is 1. The van der Waals surface area contributed by atoms with E-state index in [1.54, 1.807) is 12.4 Å². The molecule has 3 aliphatic heterocycles. The van der Waals surface area contributed by atoms with Gasteiger partial charge >= 0.3 is 5.78 Å². The summed E-state index contributed by atoms with van der Waals surface area (Å²) >= 11 is 0. The third-order valence-electron chi connectivity index (χ3n) is 7.90. The lowest BCUT2D eigenvalue weighted by Gasteiger charge is -2.20. The standard InChI is InChI=1S/C36H33N6O/c1-41-21-14-26(15-22-41)27-16-23-42(24-17-27)20-4-2-3-5-25-43-29-12-10-28(11-13-29)36-39-34-30-8-6-18-37-32(30)33-31(35(34)40-36)9-7-19-38-33/h6-19,21-24H,2-5,20,25H2,1H3/q+1. The van der Waals surface area contributed by atoms with Crippen LogP contribution in [0.4, 0.5) is 0 Å². The predicted molar refractivity (Wildman–Crippen MR) is 171 cm³/mol. The minimum Gasteiger partial charge on any atom is -0.357 e. The number of hydrogen-bond donors (Lipinski definition) is 0. The highest BCUT2D eigenvalue weighted by atomic mass is 16.4. The molecular weight excluding hydrogens is 532 g/mol. The molecule has 1 aliphatic carbocycles. The minimum absolute atomic E-state index is 0.699. The average molecular weight is 566 g/mol. The molecule has 0 atom stereocenters. The average Bonchev–Trinajstić information content (AvgIpc) is 3.52. The van der Waals surface area contributed by atoms with Gasteiger partial charge in [0, 0.05) is 85.7 Å². The highest BCUT2D eigenvalue weighted by molar-refractivity contribution is 6.03. The van der Waals surface area contributed by atoms with Crippen molar-refractivity contribution in [2.24, 2.45) is 9.98 Å². The van der Waals surface area contributed by atoms with Crippen molar-refractivity contribution in [2.75, 3.05) is 20.2 Å². The summed E-state index contributed by atoms with van der Waals surface area (Å²) in [6, 6.07) is 7.94. The van der Waals surface area contributed by atoms with E-state index >= 15 is 0 Å². The molecule has 3 aromatic rings. The molecule has 7 rings (SSSR count). The van der Waals surface area contributed by atoms with Gasteiger partial charge in [-0.3, -0.25) is 14.4 Å². The molecule has 7 nitrogen and oxygen atoms in total. The van der Waals surface area contributed by atoms with Crippen molar-refractivity contribution in [3.63, 3.8) is 0 Å². The summed E-state index contributed by atoms with van der Waals surface area (Å²) in [5, 5.41) is 3.65. The summed E-state index contributed by atoms with van der Waals surface area (Å²) in [5.74, 6) is 1.57. The first-order valence-electron chi connectivity index (χ1n) is 14.9. The number of ketones is 1. The van der Waals surface area contributed by atoms with Gasteiger partial charge in [0.25, 0.3) is 6.61 Å². The highest BCUT2D eigenvalue weighted by Crippen LogP contribution is 2.21. The molecule has 0 saturated heterocycles. The van der Waals surface area contributed by atoms with E-state index < -0.39 is 0 Å². The fourth-order valence-electron chi connectivity index (χ4n) is 5.55. The summed E-state index contributed by atoms with van der Waals surface area (Å²) in [7, 11) is 2.04. The molecule has 0 amide bonds. The van der Waals surface area contributed by atoms with E-state index in [0.29, 0.717) is 12.4 Å². The molecule has 0 spiro atoms. The second-order valence-electron chi connectivity index (χ2n) is 10.9. The van der Waals surface area contributed by atoms with Crippen LogP contribution >= 0.6 is 0 Å². The van der Waals surface area contributed by atoms with Gasteiger partial charge in [-0.25, -0.2) is 9.98 Å². The van der Waals surface area contributed by atoms with Crippen molar-refractivity contribution in [2.45, 2.75) is 25.7 Å². The van der Waals surface area contributed by atoms with Gasteiger partial charge in [-0.05, 0) is 84.7 Å². The van der Waals surface area contributed by atoms with Crippen LogP contribution in [0.3, 0.4) is 0 Å². The van der Waals surface area contributed by atoms with Crippen LogP contribution in [0.5, 0.6) is 0 Å². The normalized spacial score (nSPS) is 17.0. The van der Waals surface area contributed by atoms with Gasteiger partial charge in [-0.1, -0.05) is 6.42 Å². The van der Waals surface area contributed by atoms with Crippen LogP contribution in [0.2, 0.25) is 0 Å². The zero-order valence-electron chi connectivity index (χ0n) is 24.2. The first-order valence-corrected chi connectivity index (χ1v) is 14.9. The van der Waals surface area contributed by atoms with Crippen molar-refractivity contribution in [3.8, 4) is 0 Å². The zero-order valence-corrected chi connectivity index (χ0v) is 24.2. The van der Waals surface area contributed by atoms with E-state index in [2.05, 4.69) is 68.9 Å². The second kappa shape index (κ2) is 12.0. The van der Waals surface area contributed by atoms with Crippen molar-refractivity contribution in [3.05, 3.63) is 143 Å². The van der Waals surface area contributed by atoms with Crippen LogP contribution in [0.15, 0.2) is 143 Å². The van der Waals surface area contributed by atoms with E-state index in [-0.39, 0.29) is 0 Å². The molecule has 0 N–H and O–H groups in total. The Bertz CT molecular complexity index is 1880. The summed E-state index contributed by atoms with van der Waals surface area (Å²) in [4.78, 5) is 23.3. The molecule has 0 fully saturated rings. The summed E-state index contributed by atoms with van der Waals surface area (Å²) in [5.41, 5.74) is 5.15. The number of hydrogen-bond acceptors (Lipinski definition) is 6. The summed E-state index contributed by atoms with van der Waals surface area (Å²) in [6.45, 7) is 1.74. The van der Waals surface area contributed by atoms with E-state index in [0.717, 1.165) is 69.7 Å². The van der Waals surface area contributed by atoms with Gasteiger partial charge in [-0.2, -0.15) is 0 Å². The smallest absolute Gasteiger partial charge is 0.343 e. The van der Waals surface area contributed by atoms with Crippen molar-refractivity contribution < 1.29 is 4.42 Å². The van der Waals surface area contributed by atoms with Crippen LogP contribution in [-0.2, 0) is 4.42 Å². The van der Waals surface area contributed by atoms with Crippen molar-refractivity contribution in [1.29, 1.82) is 0 Å². The Labute approximate surface area is 250 Å². The van der Waals surface area contributed by atoms with Crippen LogP contribution in [0.25, 0.3) is 21.8 Å². The van der Waals surface area contributed by atoms with E-state index in [4.69, 9.17) is 14.4 Å². The molecule has 0 saturated carbocycles. The van der Waals surface area contributed by atoms with Crippen LogP contribution in [0, 0.1) is 0 Å². The molecule has 1 aromatic carbocycles. The number of aromatic nitrogens is 2. The lowest BCUT2D eigenvalue weighted by atomic mass is 10.0. The van der Waals surface area contributed by atoms with Gasteiger partial charge in [0.05, 0.1) is 11.0 Å². The molecule has 0 unspecified atom stereocenters. The maximum atomic E-state index is 6.03. The molecule has 5 heterocycles. The third kappa shape index (κ3) is 5.66. The molecular formula is C36H33N6O+. The summed E-state index contributed by atoms with van der Waals surface area (Å²) < 4.78 is 6.03. The maximum absolute atomic E-state index is 6.03. The van der Waals surface area contributed by atoms with Crippen LogP contribution < -0.4 is 10.7 Å². The Morgan fingerprint density at radius 1 is 0.628 bits per heavy atom. The Morgan fingerprint density at radius 2 is 1.21 bits per heavy atom. The Morgan fingerprint density at radius 3 is 1.84 bits per heavy atom. The monoisotopic (exact) mass is 565 g/mol. The summed E-state index contributed by atoms with van der Waals surface area (Å²) in [6.07, 6.45) is 33.4. The van der Waals surface area contributed by atoms with Crippen LogP contribution in [-0.4, -0.2) is 45.8 Å². The number of unbranched alkanes of at least 4 members (excludes halogenated alkanes) is 3. The quantitative estimate of drug-likeness (QED) is 0.211. The fraction of sp³-hybridized carbons (Fsp3) is 0.194. The van der Waals surface area contributed by atoms with E-state index in [1.807, 2.05) is 55.6 Å². The molecule has 0 radical (unpaired) electrons. The number of pyridine rings is 2. The lowest BCUT2D eigenvalue weighted by molar-refractivity contribution is -0.456. The first kappa shape index (κ1) is 26.7. The third-order valence-corrected chi connectivity index (χ3v) is 7.90. The lowest BCUT2D eigenvalue weighted by Crippen LogP contribution is -2.24. The van der Waals surface area contributed by atoms with Gasteiger partial charge in [-0.15, -0.1) is 0 Å². The molecule has 0 bridgehead atoms. The van der Waals surface area contributed by atoms with E-state index in [9.17, 15) is 0 Å². The maximum Gasteiger partial charge on any atom is 0.343 e. The number of rotatable bonds is 7. The number of fused-ring (bicyclic) bond motifs is 6. The number of benzene rings is 1. The zero-order chi connectivity index (χ0) is 29.0. The van der Waals surface area contributed by atoms with Crippen LogP contribution in [0.1, 0.15) is 25.7 Å².